The van der Waals surface area contributed by atoms with E-state index in [1.54, 1.807) is 41.5 Å². The second-order valence-electron chi connectivity index (χ2n) is 6.96. The molecular formula is C16H28O6Sn. The number of carbonyl (C=O) groups excluding carboxylic acids is 3. The van der Waals surface area contributed by atoms with Crippen LogP contribution in [0, 0.1) is 17.8 Å². The minimum atomic E-state index is -4.66. The number of rotatable bonds is 7. The topological polar surface area (TPSA) is 78.9 Å². The van der Waals surface area contributed by atoms with Crippen molar-refractivity contribution in [1.82, 2.24) is 0 Å². The normalized spacial score (nSPS) is 15.5. The van der Waals surface area contributed by atoms with Gasteiger partial charge < -0.3 is 0 Å². The van der Waals surface area contributed by atoms with Crippen molar-refractivity contribution >= 4 is 37.5 Å². The summed E-state index contributed by atoms with van der Waals surface area (Å²) in [5.74, 6) is -2.53. The van der Waals surface area contributed by atoms with E-state index in [4.69, 9.17) is 9.22 Å². The van der Waals surface area contributed by atoms with Gasteiger partial charge in [-0.15, -0.1) is 0 Å². The van der Waals surface area contributed by atoms with Gasteiger partial charge in [0.25, 0.3) is 0 Å². The summed E-state index contributed by atoms with van der Waals surface area (Å²) in [4.78, 5) is 36.5. The Labute approximate surface area is 143 Å². The Morgan fingerprint density at radius 1 is 0.739 bits per heavy atom. The van der Waals surface area contributed by atoms with Crippen LogP contribution in [-0.2, 0) is 23.6 Å². The summed E-state index contributed by atoms with van der Waals surface area (Å²) in [7, 11) is 0. The van der Waals surface area contributed by atoms with Crippen LogP contribution in [0.15, 0.2) is 0 Å². The van der Waals surface area contributed by atoms with E-state index in [2.05, 4.69) is 0 Å². The number of hydrogen-bond donors (Lipinski definition) is 0. The van der Waals surface area contributed by atoms with Gasteiger partial charge in [-0.2, -0.15) is 0 Å². The van der Waals surface area contributed by atoms with Crippen molar-refractivity contribution in [2.75, 3.05) is 0 Å². The Kier molecular flexibility index (Phi) is 7.35. The van der Waals surface area contributed by atoms with Gasteiger partial charge in [-0.25, -0.2) is 0 Å². The number of hydrogen-bond acceptors (Lipinski definition) is 6. The third kappa shape index (κ3) is 5.36. The van der Waals surface area contributed by atoms with Crippen molar-refractivity contribution in [3.05, 3.63) is 0 Å². The first kappa shape index (κ1) is 20.3. The summed E-state index contributed by atoms with van der Waals surface area (Å²) >= 11 is -4.66. The maximum absolute atomic E-state index is 12.2. The van der Waals surface area contributed by atoms with Crippen LogP contribution in [-0.4, -0.2) is 37.5 Å². The fraction of sp³-hybridized carbons (Fsp3) is 0.812. The van der Waals surface area contributed by atoms with Crippen LogP contribution in [0.4, 0.5) is 0 Å². The zero-order valence-electron chi connectivity index (χ0n) is 14.9. The maximum atomic E-state index is 12.2. The molecule has 1 aliphatic rings. The monoisotopic (exact) mass is 436 g/mol. The molecule has 0 aromatic rings. The minimum absolute atomic E-state index is 0.114. The predicted molar refractivity (Wildman–Crippen MR) is 86.1 cm³/mol. The Morgan fingerprint density at radius 2 is 1.04 bits per heavy atom. The molecule has 0 aromatic heterocycles. The van der Waals surface area contributed by atoms with E-state index in [0.717, 1.165) is 19.3 Å². The SMILES string of the molecule is CC(C)C(=O)[O][Sn]([O]C(=O)C(C)C)([O]C(=O)C(C)C)[CH]1CCC1. The Balaban J connectivity index is 3.12. The van der Waals surface area contributed by atoms with Gasteiger partial charge in [0.05, 0.1) is 0 Å². The van der Waals surface area contributed by atoms with Crippen molar-refractivity contribution in [1.29, 1.82) is 0 Å². The molecule has 23 heavy (non-hydrogen) atoms. The summed E-state index contributed by atoms with van der Waals surface area (Å²) < 4.78 is 16.8. The zero-order chi connectivity index (χ0) is 17.8. The molecule has 1 saturated carbocycles. The molecule has 0 saturated heterocycles. The van der Waals surface area contributed by atoms with Gasteiger partial charge >= 0.3 is 144 Å². The Hall–Kier alpha value is -0.791. The van der Waals surface area contributed by atoms with E-state index < -0.39 is 37.5 Å². The number of carbonyl (C=O) groups is 3. The van der Waals surface area contributed by atoms with Gasteiger partial charge in [0.15, 0.2) is 0 Å². The quantitative estimate of drug-likeness (QED) is 0.573. The second kappa shape index (κ2) is 8.35. The van der Waals surface area contributed by atoms with Gasteiger partial charge in [-0.3, -0.25) is 0 Å². The Bertz CT molecular complexity index is 398. The van der Waals surface area contributed by atoms with Gasteiger partial charge in [0.1, 0.15) is 0 Å². The van der Waals surface area contributed by atoms with Crippen molar-refractivity contribution < 1.29 is 23.6 Å². The van der Waals surface area contributed by atoms with E-state index in [9.17, 15) is 14.4 Å². The first-order valence-corrected chi connectivity index (χ1v) is 13.4. The summed E-state index contributed by atoms with van der Waals surface area (Å²) in [5, 5.41) is 0. The molecule has 0 spiro atoms. The molecule has 0 atom stereocenters. The first-order chi connectivity index (χ1) is 10.6. The zero-order valence-corrected chi connectivity index (χ0v) is 17.7. The van der Waals surface area contributed by atoms with Crippen LogP contribution in [0.2, 0.25) is 3.93 Å². The van der Waals surface area contributed by atoms with Gasteiger partial charge in [0.2, 0.25) is 0 Å². The van der Waals surface area contributed by atoms with Crippen LogP contribution in [0.3, 0.4) is 0 Å². The molecule has 6 nitrogen and oxygen atoms in total. The van der Waals surface area contributed by atoms with Crippen molar-refractivity contribution in [2.24, 2.45) is 17.8 Å². The molecule has 7 heteroatoms. The second-order valence-corrected chi connectivity index (χ2v) is 14.5. The van der Waals surface area contributed by atoms with Gasteiger partial charge in [-0.05, 0) is 0 Å². The molecule has 1 rings (SSSR count). The van der Waals surface area contributed by atoms with Gasteiger partial charge in [0, 0.05) is 0 Å². The molecule has 0 amide bonds. The summed E-state index contributed by atoms with van der Waals surface area (Å²) in [5.41, 5.74) is 0. The molecule has 1 fully saturated rings. The molecule has 1 aliphatic carbocycles. The van der Waals surface area contributed by atoms with Crippen molar-refractivity contribution in [3.63, 3.8) is 0 Å². The van der Waals surface area contributed by atoms with Gasteiger partial charge in [-0.1, -0.05) is 0 Å². The molecule has 0 N–H and O–H groups in total. The molecule has 0 radical (unpaired) electrons. The fourth-order valence-electron chi connectivity index (χ4n) is 1.85. The van der Waals surface area contributed by atoms with Crippen molar-refractivity contribution in [3.8, 4) is 0 Å². The molecule has 0 unspecified atom stereocenters. The molecule has 0 aromatic carbocycles. The first-order valence-electron chi connectivity index (χ1n) is 8.27. The van der Waals surface area contributed by atoms with E-state index in [1.165, 1.54) is 0 Å². The molecule has 0 aliphatic heterocycles. The van der Waals surface area contributed by atoms with Crippen LogP contribution in [0.25, 0.3) is 0 Å². The average Bonchev–Trinajstić information content (AvgIpc) is 2.35. The summed E-state index contributed by atoms with van der Waals surface area (Å²) in [6.07, 6.45) is 2.48. The van der Waals surface area contributed by atoms with E-state index in [1.807, 2.05) is 0 Å². The molecule has 132 valence electrons. The third-order valence-corrected chi connectivity index (χ3v) is 12.4. The van der Waals surface area contributed by atoms with E-state index in [-0.39, 0.29) is 21.7 Å². The fourth-order valence-corrected chi connectivity index (χ4v) is 11.2. The van der Waals surface area contributed by atoms with Crippen LogP contribution >= 0.6 is 0 Å². The van der Waals surface area contributed by atoms with Crippen LogP contribution < -0.4 is 0 Å². The summed E-state index contributed by atoms with van der Waals surface area (Å²) in [6, 6.07) is 0. The standard InChI is InChI=1S/3C4H8O2.C4H7.Sn/c3*1-3(2)4(5)6;1-2-4-3-1;/h3*3H,1-2H3,(H,5,6);1H,2-4H2;/q;;;;+3/p-3. The predicted octanol–water partition coefficient (Wildman–Crippen LogP) is 3.08. The summed E-state index contributed by atoms with van der Waals surface area (Å²) in [6.45, 7) is 10.2. The van der Waals surface area contributed by atoms with Crippen LogP contribution in [0.5, 0.6) is 0 Å². The molecule has 0 bridgehead atoms. The Morgan fingerprint density at radius 3 is 1.22 bits per heavy atom. The van der Waals surface area contributed by atoms with Crippen LogP contribution in [0.1, 0.15) is 60.8 Å². The van der Waals surface area contributed by atoms with E-state index >= 15 is 0 Å². The average molecular weight is 435 g/mol. The molecular weight excluding hydrogens is 407 g/mol. The third-order valence-electron chi connectivity index (χ3n) is 3.75. The van der Waals surface area contributed by atoms with Crippen molar-refractivity contribution in [2.45, 2.75) is 64.7 Å². The van der Waals surface area contributed by atoms with E-state index in [0.29, 0.717) is 0 Å². The molecule has 0 heterocycles.